The summed E-state index contributed by atoms with van der Waals surface area (Å²) in [5.41, 5.74) is 1.94. The summed E-state index contributed by atoms with van der Waals surface area (Å²) in [5, 5.41) is 0. The number of carbonyl (C=O) groups excluding carboxylic acids is 1. The molecule has 2 heterocycles. The molecule has 44 heavy (non-hydrogen) atoms. The third kappa shape index (κ3) is 6.67. The van der Waals surface area contributed by atoms with Gasteiger partial charge in [-0.2, -0.15) is 0 Å². The van der Waals surface area contributed by atoms with Crippen molar-refractivity contribution in [1.82, 2.24) is 4.57 Å². The Hall–Kier alpha value is -3.74. The number of rotatable bonds is 10. The van der Waals surface area contributed by atoms with Crippen LogP contribution in [0.3, 0.4) is 0 Å². The fraction of sp³-hybridized carbons (Fsp3) is 0.219. The quantitative estimate of drug-likeness (QED) is 0.184. The molecule has 1 aliphatic rings. The van der Waals surface area contributed by atoms with E-state index >= 15 is 0 Å². The van der Waals surface area contributed by atoms with E-state index in [1.807, 2.05) is 26.0 Å². The number of methoxy groups -OCH3 is 1. The zero-order valence-electron chi connectivity index (χ0n) is 23.9. The van der Waals surface area contributed by atoms with Crippen molar-refractivity contribution in [1.29, 1.82) is 0 Å². The molecule has 0 fully saturated rings. The fourth-order valence-corrected chi connectivity index (χ4v) is 7.14. The molecule has 4 aromatic rings. The maximum absolute atomic E-state index is 13.9. The SMILES string of the molecule is CCOc1ccc([C@H]2C(C(=O)OC)=CN=c3s/c(=C\c4cc(Br)c(OCc5cccc(F)c5)c(Br)c4)c(=O)n32)cc1OCC. The number of benzene rings is 3. The summed E-state index contributed by atoms with van der Waals surface area (Å²) in [6, 6.07) is 14.4. The highest BCUT2D eigenvalue weighted by atomic mass is 79.9. The molecule has 0 saturated heterocycles. The van der Waals surface area contributed by atoms with Crippen molar-refractivity contribution in [2.24, 2.45) is 4.99 Å². The molecule has 228 valence electrons. The van der Waals surface area contributed by atoms with Gasteiger partial charge in [-0.3, -0.25) is 9.36 Å². The van der Waals surface area contributed by atoms with Crippen LogP contribution in [-0.4, -0.2) is 30.9 Å². The number of halogens is 3. The molecule has 0 aliphatic carbocycles. The topological polar surface area (TPSA) is 88.4 Å². The van der Waals surface area contributed by atoms with Gasteiger partial charge < -0.3 is 18.9 Å². The van der Waals surface area contributed by atoms with Crippen molar-refractivity contribution in [2.45, 2.75) is 26.5 Å². The molecule has 1 aliphatic heterocycles. The van der Waals surface area contributed by atoms with Crippen molar-refractivity contribution in [3.05, 3.63) is 118 Å². The smallest absolute Gasteiger partial charge is 0.337 e. The molecule has 0 spiro atoms. The van der Waals surface area contributed by atoms with E-state index in [0.29, 0.717) is 59.9 Å². The summed E-state index contributed by atoms with van der Waals surface area (Å²) < 4.78 is 39.3. The van der Waals surface area contributed by atoms with Crippen LogP contribution in [-0.2, 0) is 16.1 Å². The fourth-order valence-electron chi connectivity index (χ4n) is 4.72. The summed E-state index contributed by atoms with van der Waals surface area (Å²) >= 11 is 8.31. The highest BCUT2D eigenvalue weighted by Crippen LogP contribution is 2.37. The first-order valence-corrected chi connectivity index (χ1v) is 16.0. The van der Waals surface area contributed by atoms with Crippen molar-refractivity contribution in [2.75, 3.05) is 20.3 Å². The first-order chi connectivity index (χ1) is 21.2. The predicted molar refractivity (Wildman–Crippen MR) is 173 cm³/mol. The maximum Gasteiger partial charge on any atom is 0.337 e. The third-order valence-corrected chi connectivity index (χ3v) is 8.77. The molecule has 3 aromatic carbocycles. The highest BCUT2D eigenvalue weighted by Gasteiger charge is 2.31. The van der Waals surface area contributed by atoms with Gasteiger partial charge in [0.1, 0.15) is 18.2 Å². The average Bonchev–Trinajstić information content (AvgIpc) is 3.31. The zero-order chi connectivity index (χ0) is 31.4. The van der Waals surface area contributed by atoms with E-state index in [4.69, 9.17) is 18.9 Å². The van der Waals surface area contributed by atoms with Crippen LogP contribution in [0.2, 0.25) is 0 Å². The predicted octanol–water partition coefficient (Wildman–Crippen LogP) is 6.06. The Morgan fingerprint density at radius 1 is 1.02 bits per heavy atom. The molecule has 12 heteroatoms. The van der Waals surface area contributed by atoms with E-state index in [-0.39, 0.29) is 23.6 Å². The number of thiazole rings is 1. The molecular weight excluding hydrogens is 719 g/mol. The van der Waals surface area contributed by atoms with E-state index in [2.05, 4.69) is 36.9 Å². The lowest BCUT2D eigenvalue weighted by atomic mass is 9.97. The number of esters is 1. The highest BCUT2D eigenvalue weighted by molar-refractivity contribution is 9.11. The van der Waals surface area contributed by atoms with E-state index in [1.165, 1.54) is 41.3 Å². The second kappa shape index (κ2) is 13.9. The minimum Gasteiger partial charge on any atom is -0.490 e. The number of ether oxygens (including phenoxy) is 4. The second-order valence-electron chi connectivity index (χ2n) is 9.48. The van der Waals surface area contributed by atoms with Crippen LogP contribution in [0.15, 0.2) is 85.1 Å². The Kier molecular flexibility index (Phi) is 10.0. The Bertz CT molecular complexity index is 1910. The normalized spacial score (nSPS) is 14.4. The zero-order valence-corrected chi connectivity index (χ0v) is 27.9. The maximum atomic E-state index is 13.9. The number of aromatic nitrogens is 1. The van der Waals surface area contributed by atoms with E-state index < -0.39 is 12.0 Å². The monoisotopic (exact) mass is 744 g/mol. The lowest BCUT2D eigenvalue weighted by Gasteiger charge is -2.23. The van der Waals surface area contributed by atoms with Crippen molar-refractivity contribution < 1.29 is 28.1 Å². The number of hydrogen-bond donors (Lipinski definition) is 0. The van der Waals surface area contributed by atoms with Gasteiger partial charge in [0.25, 0.3) is 5.56 Å². The van der Waals surface area contributed by atoms with Gasteiger partial charge in [0.15, 0.2) is 16.3 Å². The van der Waals surface area contributed by atoms with Gasteiger partial charge >= 0.3 is 5.97 Å². The minimum atomic E-state index is -0.798. The van der Waals surface area contributed by atoms with Gasteiger partial charge in [0.05, 0.1) is 45.4 Å². The van der Waals surface area contributed by atoms with Gasteiger partial charge in [0, 0.05) is 6.20 Å². The Morgan fingerprint density at radius 2 is 1.75 bits per heavy atom. The Labute approximate surface area is 273 Å². The third-order valence-electron chi connectivity index (χ3n) is 6.60. The van der Waals surface area contributed by atoms with Gasteiger partial charge in [0.2, 0.25) is 0 Å². The minimum absolute atomic E-state index is 0.173. The summed E-state index contributed by atoms with van der Waals surface area (Å²) in [7, 11) is 1.29. The van der Waals surface area contributed by atoms with Gasteiger partial charge in [-0.15, -0.1) is 0 Å². The lowest BCUT2D eigenvalue weighted by molar-refractivity contribution is -0.136. The van der Waals surface area contributed by atoms with E-state index in [1.54, 1.807) is 36.4 Å². The molecule has 0 bridgehead atoms. The summed E-state index contributed by atoms with van der Waals surface area (Å²) in [4.78, 5) is 31.6. The largest absolute Gasteiger partial charge is 0.490 e. The number of carbonyl (C=O) groups is 1. The van der Waals surface area contributed by atoms with Crippen LogP contribution >= 0.6 is 43.2 Å². The summed E-state index contributed by atoms with van der Waals surface area (Å²) in [5.74, 6) is 0.676. The molecule has 5 rings (SSSR count). The van der Waals surface area contributed by atoms with Crippen LogP contribution in [0.1, 0.15) is 36.6 Å². The van der Waals surface area contributed by atoms with E-state index in [9.17, 15) is 14.0 Å². The lowest BCUT2D eigenvalue weighted by Crippen LogP contribution is -2.39. The molecule has 8 nitrogen and oxygen atoms in total. The Balaban J connectivity index is 1.54. The Morgan fingerprint density at radius 3 is 2.43 bits per heavy atom. The number of hydrogen-bond acceptors (Lipinski definition) is 8. The van der Waals surface area contributed by atoms with E-state index in [0.717, 1.165) is 5.56 Å². The standard InChI is InChI=1S/C32H27Br2FN2O6S/c1-4-41-25-10-9-20(15-26(25)42-5-2)28-22(31(39)40-3)16-36-32-37(28)30(38)27(44-32)14-19-12-23(33)29(24(34)13-19)43-17-18-7-6-8-21(35)11-18/h6-16,28H,4-5,17H2,1-3H3/b27-14-/t28-/m0/s1. The molecule has 0 unspecified atom stereocenters. The van der Waals surface area contributed by atoms with Gasteiger partial charge in [-0.05, 0) is 105 Å². The van der Waals surface area contributed by atoms with Crippen molar-refractivity contribution in [3.63, 3.8) is 0 Å². The van der Waals surface area contributed by atoms with Crippen molar-refractivity contribution in [3.8, 4) is 17.2 Å². The number of fused-ring (bicyclic) bond motifs is 1. The molecule has 0 radical (unpaired) electrons. The molecule has 0 saturated carbocycles. The molecular formula is C32H27Br2FN2O6S. The summed E-state index contributed by atoms with van der Waals surface area (Å²) in [6.07, 6.45) is 3.19. The van der Waals surface area contributed by atoms with Crippen LogP contribution in [0, 0.1) is 5.82 Å². The first kappa shape index (κ1) is 31.7. The summed E-state index contributed by atoms with van der Waals surface area (Å²) in [6.45, 7) is 4.78. The van der Waals surface area contributed by atoms with Crippen LogP contribution in [0.5, 0.6) is 17.2 Å². The molecule has 0 amide bonds. The molecule has 1 aromatic heterocycles. The first-order valence-electron chi connectivity index (χ1n) is 13.6. The molecule has 1 atom stereocenters. The van der Waals surface area contributed by atoms with Crippen LogP contribution < -0.4 is 29.1 Å². The van der Waals surface area contributed by atoms with Gasteiger partial charge in [-0.1, -0.05) is 29.5 Å². The second-order valence-corrected chi connectivity index (χ2v) is 12.2. The average molecular weight is 746 g/mol. The number of nitrogens with zero attached hydrogens (tertiary/aromatic N) is 2. The van der Waals surface area contributed by atoms with Gasteiger partial charge in [-0.25, -0.2) is 14.2 Å². The molecule has 0 N–H and O–H groups in total. The van der Waals surface area contributed by atoms with Crippen LogP contribution in [0.25, 0.3) is 6.08 Å². The van der Waals surface area contributed by atoms with Crippen LogP contribution in [0.4, 0.5) is 4.39 Å². The van der Waals surface area contributed by atoms with Crippen molar-refractivity contribution >= 4 is 55.2 Å².